The van der Waals surface area contributed by atoms with Crippen LogP contribution in [-0.2, 0) is 11.2 Å². The molecule has 1 atom stereocenters. The number of hydrogen-bond acceptors (Lipinski definition) is 4. The van der Waals surface area contributed by atoms with Crippen LogP contribution < -0.4 is 14.8 Å². The van der Waals surface area contributed by atoms with Crippen LogP contribution in [0.25, 0.3) is 11.0 Å². The van der Waals surface area contributed by atoms with E-state index < -0.39 is 0 Å². The second-order valence-electron chi connectivity index (χ2n) is 6.39. The average Bonchev–Trinajstić information content (AvgIpc) is 3.19. The Morgan fingerprint density at radius 2 is 2.00 bits per heavy atom. The monoisotopic (exact) mass is 355 g/mol. The summed E-state index contributed by atoms with van der Waals surface area (Å²) >= 11 is 0. The van der Waals surface area contributed by atoms with Crippen LogP contribution in [-0.4, -0.2) is 12.7 Å². The summed E-state index contributed by atoms with van der Waals surface area (Å²) in [5, 5.41) is 3.65. The SMILES string of the molecule is Cc1c(C(C)NC(=O)Cc2ccc3c(c2)OCO3)oc2ccc(F)cc12. The number of furan rings is 1. The smallest absolute Gasteiger partial charge is 0.231 e. The first-order valence-electron chi connectivity index (χ1n) is 8.37. The minimum Gasteiger partial charge on any atom is -0.459 e. The van der Waals surface area contributed by atoms with E-state index in [9.17, 15) is 9.18 Å². The number of carbonyl (C=O) groups is 1. The van der Waals surface area contributed by atoms with Crippen molar-refractivity contribution in [2.75, 3.05) is 6.79 Å². The summed E-state index contributed by atoms with van der Waals surface area (Å²) in [6.07, 6.45) is 0.217. The maximum absolute atomic E-state index is 13.4. The number of nitrogens with one attached hydrogen (secondary N) is 1. The van der Waals surface area contributed by atoms with E-state index in [1.54, 1.807) is 12.1 Å². The number of benzene rings is 2. The highest BCUT2D eigenvalue weighted by Crippen LogP contribution is 2.33. The summed E-state index contributed by atoms with van der Waals surface area (Å²) in [6.45, 7) is 3.91. The first-order valence-corrected chi connectivity index (χ1v) is 8.37. The zero-order valence-electron chi connectivity index (χ0n) is 14.5. The second-order valence-corrected chi connectivity index (χ2v) is 6.39. The van der Waals surface area contributed by atoms with Crippen LogP contribution in [0, 0.1) is 12.7 Å². The van der Waals surface area contributed by atoms with Crippen molar-refractivity contribution in [1.29, 1.82) is 0 Å². The molecule has 0 saturated heterocycles. The molecular weight excluding hydrogens is 337 g/mol. The zero-order valence-corrected chi connectivity index (χ0v) is 14.5. The normalized spacial score (nSPS) is 13.8. The molecule has 1 N–H and O–H groups in total. The summed E-state index contributed by atoms with van der Waals surface area (Å²) in [5.41, 5.74) is 2.27. The van der Waals surface area contributed by atoms with Crippen molar-refractivity contribution >= 4 is 16.9 Å². The number of carbonyl (C=O) groups excluding carboxylic acids is 1. The molecule has 1 aromatic heterocycles. The van der Waals surface area contributed by atoms with Crippen LogP contribution in [0.5, 0.6) is 11.5 Å². The molecule has 1 aliphatic heterocycles. The molecular formula is C20H18FNO4. The minimum absolute atomic E-state index is 0.137. The van der Waals surface area contributed by atoms with Crippen LogP contribution in [0.1, 0.15) is 29.9 Å². The Morgan fingerprint density at radius 1 is 1.19 bits per heavy atom. The Labute approximate surface area is 149 Å². The Kier molecular flexibility index (Phi) is 4.03. The molecule has 0 fully saturated rings. The van der Waals surface area contributed by atoms with Crippen molar-refractivity contribution in [1.82, 2.24) is 5.32 Å². The summed E-state index contributed by atoms with van der Waals surface area (Å²) in [4.78, 5) is 12.4. The van der Waals surface area contributed by atoms with Gasteiger partial charge in [0.2, 0.25) is 12.7 Å². The molecule has 26 heavy (non-hydrogen) atoms. The lowest BCUT2D eigenvalue weighted by atomic mass is 10.1. The van der Waals surface area contributed by atoms with Gasteiger partial charge in [-0.1, -0.05) is 6.07 Å². The fourth-order valence-corrected chi connectivity index (χ4v) is 3.22. The van der Waals surface area contributed by atoms with Gasteiger partial charge in [-0.05, 0) is 49.7 Å². The molecule has 2 heterocycles. The second kappa shape index (κ2) is 6.37. The number of ether oxygens (including phenoxy) is 2. The predicted octanol–water partition coefficient (Wildman–Crippen LogP) is 4.03. The lowest BCUT2D eigenvalue weighted by molar-refractivity contribution is -0.121. The van der Waals surface area contributed by atoms with Crippen LogP contribution >= 0.6 is 0 Å². The molecule has 134 valence electrons. The Morgan fingerprint density at radius 3 is 2.85 bits per heavy atom. The van der Waals surface area contributed by atoms with Crippen molar-refractivity contribution < 1.29 is 23.1 Å². The highest BCUT2D eigenvalue weighted by Gasteiger charge is 2.20. The van der Waals surface area contributed by atoms with Gasteiger partial charge in [0.05, 0.1) is 12.5 Å². The van der Waals surface area contributed by atoms with E-state index in [1.165, 1.54) is 12.1 Å². The fourth-order valence-electron chi connectivity index (χ4n) is 3.22. The quantitative estimate of drug-likeness (QED) is 0.768. The van der Waals surface area contributed by atoms with Gasteiger partial charge in [-0.3, -0.25) is 4.79 Å². The molecule has 1 unspecified atom stereocenters. The molecule has 2 aromatic carbocycles. The average molecular weight is 355 g/mol. The number of aryl methyl sites for hydroxylation is 1. The third-order valence-electron chi connectivity index (χ3n) is 4.51. The minimum atomic E-state index is -0.327. The highest BCUT2D eigenvalue weighted by atomic mass is 19.1. The fraction of sp³-hybridized carbons (Fsp3) is 0.250. The van der Waals surface area contributed by atoms with Gasteiger partial charge in [0.1, 0.15) is 17.2 Å². The summed E-state index contributed by atoms with van der Waals surface area (Å²) < 4.78 is 29.9. The van der Waals surface area contributed by atoms with Gasteiger partial charge in [0, 0.05) is 10.9 Å². The van der Waals surface area contributed by atoms with Crippen LogP contribution in [0.3, 0.4) is 0 Å². The van der Waals surface area contributed by atoms with E-state index in [0.29, 0.717) is 22.8 Å². The Bertz CT molecular complexity index is 995. The summed E-state index contributed by atoms with van der Waals surface area (Å²) in [7, 11) is 0. The lowest BCUT2D eigenvalue weighted by Gasteiger charge is -2.13. The first kappa shape index (κ1) is 16.4. The van der Waals surface area contributed by atoms with Crippen molar-refractivity contribution in [3.05, 3.63) is 59.1 Å². The van der Waals surface area contributed by atoms with Gasteiger partial charge in [0.15, 0.2) is 11.5 Å². The Hall–Kier alpha value is -3.02. The third-order valence-corrected chi connectivity index (χ3v) is 4.51. The van der Waals surface area contributed by atoms with Gasteiger partial charge in [-0.25, -0.2) is 4.39 Å². The maximum atomic E-state index is 13.4. The van der Waals surface area contributed by atoms with E-state index in [0.717, 1.165) is 16.5 Å². The number of hydrogen-bond donors (Lipinski definition) is 1. The summed E-state index contributed by atoms with van der Waals surface area (Å²) in [5.74, 6) is 1.52. The summed E-state index contributed by atoms with van der Waals surface area (Å²) in [6, 6.07) is 9.52. The molecule has 0 spiro atoms. The maximum Gasteiger partial charge on any atom is 0.231 e. The van der Waals surface area contributed by atoms with E-state index in [2.05, 4.69) is 5.32 Å². The Balaban J connectivity index is 1.48. The highest BCUT2D eigenvalue weighted by molar-refractivity contribution is 5.83. The van der Waals surface area contributed by atoms with Gasteiger partial charge < -0.3 is 19.2 Å². The molecule has 1 amide bonds. The van der Waals surface area contributed by atoms with Gasteiger partial charge in [-0.2, -0.15) is 0 Å². The van der Waals surface area contributed by atoms with E-state index >= 15 is 0 Å². The van der Waals surface area contributed by atoms with Crippen molar-refractivity contribution in [2.24, 2.45) is 0 Å². The predicted molar refractivity (Wildman–Crippen MR) is 93.7 cm³/mol. The van der Waals surface area contributed by atoms with Gasteiger partial charge in [0.25, 0.3) is 0 Å². The van der Waals surface area contributed by atoms with Crippen molar-refractivity contribution in [3.8, 4) is 11.5 Å². The van der Waals surface area contributed by atoms with Crippen LogP contribution in [0.15, 0.2) is 40.8 Å². The largest absolute Gasteiger partial charge is 0.459 e. The molecule has 0 bridgehead atoms. The first-order chi connectivity index (χ1) is 12.5. The molecule has 5 nitrogen and oxygen atoms in total. The number of rotatable bonds is 4. The number of amides is 1. The molecule has 4 rings (SSSR count). The number of halogens is 1. The standard InChI is InChI=1S/C20H18FNO4/c1-11-15-9-14(21)4-6-16(15)26-20(11)12(2)22-19(23)8-13-3-5-17-18(7-13)25-10-24-17/h3-7,9,12H,8,10H2,1-2H3,(H,22,23). The zero-order chi connectivity index (χ0) is 18.3. The topological polar surface area (TPSA) is 60.7 Å². The molecule has 0 aliphatic carbocycles. The van der Waals surface area contributed by atoms with Crippen molar-refractivity contribution in [3.63, 3.8) is 0 Å². The number of fused-ring (bicyclic) bond motifs is 2. The molecule has 1 aliphatic rings. The van der Waals surface area contributed by atoms with E-state index in [1.807, 2.05) is 26.0 Å². The molecule has 0 saturated carbocycles. The van der Waals surface area contributed by atoms with Gasteiger partial charge >= 0.3 is 0 Å². The van der Waals surface area contributed by atoms with E-state index in [-0.39, 0.29) is 31.0 Å². The molecule has 3 aromatic rings. The van der Waals surface area contributed by atoms with Gasteiger partial charge in [-0.15, -0.1) is 0 Å². The van der Waals surface area contributed by atoms with E-state index in [4.69, 9.17) is 13.9 Å². The molecule has 6 heteroatoms. The molecule has 0 radical (unpaired) electrons. The van der Waals surface area contributed by atoms with Crippen LogP contribution in [0.4, 0.5) is 4.39 Å². The van der Waals surface area contributed by atoms with Crippen LogP contribution in [0.2, 0.25) is 0 Å². The third kappa shape index (κ3) is 2.98. The lowest BCUT2D eigenvalue weighted by Crippen LogP contribution is -2.28. The van der Waals surface area contributed by atoms with Crippen molar-refractivity contribution in [2.45, 2.75) is 26.3 Å².